The van der Waals surface area contributed by atoms with Crippen LogP contribution in [0.3, 0.4) is 0 Å². The van der Waals surface area contributed by atoms with Gasteiger partial charge in [0, 0.05) is 33.2 Å². The number of benzene rings is 9. The predicted octanol–water partition coefficient (Wildman–Crippen LogP) is 12.6. The van der Waals surface area contributed by atoms with Gasteiger partial charge < -0.3 is 4.57 Å². The molecule has 0 aliphatic rings. The van der Waals surface area contributed by atoms with E-state index in [2.05, 4.69) is 168 Å². The highest BCUT2D eigenvalue weighted by atomic mass is 15.0. The molecule has 2 aromatic heterocycles. The number of rotatable bonds is 4. The normalized spacial score (nSPS) is 11.8. The van der Waals surface area contributed by atoms with Crippen LogP contribution in [0.5, 0.6) is 0 Å². The van der Waals surface area contributed by atoms with Crippen molar-refractivity contribution in [2.75, 3.05) is 0 Å². The third-order valence-electron chi connectivity index (χ3n) is 10.6. The van der Waals surface area contributed by atoms with E-state index < -0.39 is 0 Å². The van der Waals surface area contributed by atoms with Crippen molar-refractivity contribution in [3.05, 3.63) is 182 Å². The van der Waals surface area contributed by atoms with Crippen molar-refractivity contribution < 1.29 is 0 Å². The second-order valence-electron chi connectivity index (χ2n) is 13.7. The second-order valence-corrected chi connectivity index (χ2v) is 13.7. The minimum absolute atomic E-state index is 0.631. The van der Waals surface area contributed by atoms with Crippen molar-refractivity contribution >= 4 is 64.9 Å². The van der Waals surface area contributed by atoms with E-state index in [1.165, 1.54) is 54.0 Å². The zero-order valence-electron chi connectivity index (χ0n) is 28.6. The zero-order chi connectivity index (χ0) is 34.9. The summed E-state index contributed by atoms with van der Waals surface area (Å²) in [7, 11) is 0. The van der Waals surface area contributed by atoms with E-state index in [1.54, 1.807) is 0 Å². The molecule has 11 rings (SSSR count). The summed E-state index contributed by atoms with van der Waals surface area (Å²) in [6, 6.07) is 64.6. The molecule has 4 heteroatoms. The summed E-state index contributed by atoms with van der Waals surface area (Å²) < 4.78 is 2.36. The van der Waals surface area contributed by atoms with Crippen molar-refractivity contribution in [1.82, 2.24) is 19.5 Å². The lowest BCUT2D eigenvalue weighted by molar-refractivity contribution is 1.07. The molecule has 0 aliphatic carbocycles. The number of aromatic nitrogens is 4. The molecule has 0 fully saturated rings. The van der Waals surface area contributed by atoms with Crippen molar-refractivity contribution in [3.8, 4) is 39.9 Å². The van der Waals surface area contributed by atoms with Crippen LogP contribution in [-0.2, 0) is 0 Å². The first kappa shape index (κ1) is 29.5. The first-order chi connectivity index (χ1) is 26.2. The van der Waals surface area contributed by atoms with Crippen LogP contribution in [0.15, 0.2) is 182 Å². The molecule has 53 heavy (non-hydrogen) atoms. The second kappa shape index (κ2) is 11.7. The molecule has 0 spiro atoms. The van der Waals surface area contributed by atoms with Gasteiger partial charge in [-0.25, -0.2) is 15.0 Å². The third-order valence-corrected chi connectivity index (χ3v) is 10.6. The van der Waals surface area contributed by atoms with Gasteiger partial charge in [0.15, 0.2) is 17.5 Å². The van der Waals surface area contributed by atoms with Crippen LogP contribution in [0.25, 0.3) is 105 Å². The molecule has 0 bridgehead atoms. The molecule has 0 saturated carbocycles. The Morgan fingerprint density at radius 3 is 1.70 bits per heavy atom. The fourth-order valence-corrected chi connectivity index (χ4v) is 8.04. The lowest BCUT2D eigenvalue weighted by atomic mass is 9.95. The first-order valence-electron chi connectivity index (χ1n) is 17.9. The minimum Gasteiger partial charge on any atom is -0.309 e. The maximum absolute atomic E-state index is 5.18. The molecule has 0 N–H and O–H groups in total. The Bertz CT molecular complexity index is 3230. The molecule has 4 nitrogen and oxygen atoms in total. The number of hydrogen-bond donors (Lipinski definition) is 0. The van der Waals surface area contributed by atoms with Gasteiger partial charge in [0.1, 0.15) is 0 Å². The fraction of sp³-hybridized carbons (Fsp3) is 0. The molecule has 9 aromatic carbocycles. The van der Waals surface area contributed by atoms with E-state index in [-0.39, 0.29) is 0 Å². The van der Waals surface area contributed by atoms with Crippen LogP contribution in [0, 0.1) is 0 Å². The molecule has 0 amide bonds. The number of hydrogen-bond acceptors (Lipinski definition) is 3. The molecule has 246 valence electrons. The van der Waals surface area contributed by atoms with Gasteiger partial charge in [-0.05, 0) is 79.5 Å². The van der Waals surface area contributed by atoms with Gasteiger partial charge in [0.2, 0.25) is 0 Å². The average Bonchev–Trinajstić information content (AvgIpc) is 3.55. The lowest BCUT2D eigenvalue weighted by Gasteiger charge is -2.12. The van der Waals surface area contributed by atoms with E-state index in [9.17, 15) is 0 Å². The van der Waals surface area contributed by atoms with Crippen molar-refractivity contribution in [2.45, 2.75) is 0 Å². The van der Waals surface area contributed by atoms with Gasteiger partial charge in [-0.3, -0.25) is 0 Å². The molecular formula is C49H30N4. The quantitative estimate of drug-likeness (QED) is 0.175. The van der Waals surface area contributed by atoms with E-state index in [0.717, 1.165) is 33.3 Å². The highest BCUT2D eigenvalue weighted by Crippen LogP contribution is 2.37. The molecule has 0 radical (unpaired) electrons. The lowest BCUT2D eigenvalue weighted by Crippen LogP contribution is -2.01. The molecule has 11 aromatic rings. The maximum Gasteiger partial charge on any atom is 0.164 e. The molecule has 0 aliphatic heterocycles. The van der Waals surface area contributed by atoms with Crippen LogP contribution in [-0.4, -0.2) is 19.5 Å². The molecule has 0 saturated heterocycles. The highest BCUT2D eigenvalue weighted by molar-refractivity contribution is 6.20. The summed E-state index contributed by atoms with van der Waals surface area (Å²) in [5, 5.41) is 12.3. The Hall–Kier alpha value is -7.17. The Kier molecular flexibility index (Phi) is 6.52. The van der Waals surface area contributed by atoms with Gasteiger partial charge in [0.05, 0.1) is 11.0 Å². The van der Waals surface area contributed by atoms with Crippen LogP contribution in [0.4, 0.5) is 0 Å². The Morgan fingerprint density at radius 2 is 0.887 bits per heavy atom. The predicted molar refractivity (Wildman–Crippen MR) is 220 cm³/mol. The Labute approximate surface area is 305 Å². The smallest absolute Gasteiger partial charge is 0.164 e. The largest absolute Gasteiger partial charge is 0.309 e. The Morgan fingerprint density at radius 1 is 0.302 bits per heavy atom. The molecule has 0 unspecified atom stereocenters. The average molecular weight is 675 g/mol. The summed E-state index contributed by atoms with van der Waals surface area (Å²) in [6.45, 7) is 0. The maximum atomic E-state index is 5.18. The van der Waals surface area contributed by atoms with Gasteiger partial charge in [-0.1, -0.05) is 146 Å². The van der Waals surface area contributed by atoms with Gasteiger partial charge in [-0.15, -0.1) is 0 Å². The summed E-state index contributed by atoms with van der Waals surface area (Å²) in [6.07, 6.45) is 0. The van der Waals surface area contributed by atoms with Gasteiger partial charge in [0.25, 0.3) is 0 Å². The fourth-order valence-electron chi connectivity index (χ4n) is 8.04. The van der Waals surface area contributed by atoms with Crippen LogP contribution < -0.4 is 0 Å². The molecule has 2 heterocycles. The number of nitrogens with zero attached hydrogens (tertiary/aromatic N) is 4. The summed E-state index contributed by atoms with van der Waals surface area (Å²) >= 11 is 0. The topological polar surface area (TPSA) is 43.6 Å². The van der Waals surface area contributed by atoms with Crippen molar-refractivity contribution in [2.24, 2.45) is 0 Å². The first-order valence-corrected chi connectivity index (χ1v) is 17.9. The molecule has 0 atom stereocenters. The van der Waals surface area contributed by atoms with Crippen molar-refractivity contribution in [3.63, 3.8) is 0 Å². The third kappa shape index (κ3) is 4.80. The number of fused-ring (bicyclic) bond motifs is 9. The van der Waals surface area contributed by atoms with E-state index in [0.29, 0.717) is 17.5 Å². The van der Waals surface area contributed by atoms with Crippen LogP contribution in [0.2, 0.25) is 0 Å². The number of para-hydroxylation sites is 1. The van der Waals surface area contributed by atoms with Crippen LogP contribution >= 0.6 is 0 Å². The summed E-state index contributed by atoms with van der Waals surface area (Å²) in [5.74, 6) is 1.91. The zero-order valence-corrected chi connectivity index (χ0v) is 28.6. The highest BCUT2D eigenvalue weighted by Gasteiger charge is 2.17. The monoisotopic (exact) mass is 674 g/mol. The van der Waals surface area contributed by atoms with Crippen molar-refractivity contribution in [1.29, 1.82) is 0 Å². The minimum atomic E-state index is 0.631. The Balaban J connectivity index is 1.10. The standard InChI is InChI=1S/C49H30N4/c1-2-12-33(13-3-1)47-50-48(52-49(51-47)38-25-26-41-36(27-38)24-23-32-22-21-31-11-6-7-18-40(31)46(32)41)37-16-10-17-39(28-37)53-44-20-9-8-19-42(44)43-29-34-14-4-5-15-35(34)30-45(43)53/h1-30H. The van der Waals surface area contributed by atoms with Gasteiger partial charge >= 0.3 is 0 Å². The van der Waals surface area contributed by atoms with E-state index in [1.807, 2.05) is 18.2 Å². The summed E-state index contributed by atoms with van der Waals surface area (Å²) in [4.78, 5) is 15.3. The molecular weight excluding hydrogens is 645 g/mol. The SMILES string of the molecule is c1ccc(-c2nc(-c3cccc(-n4c5ccccc5c5cc6ccccc6cc54)c3)nc(-c3ccc4c(ccc5ccc6ccccc6c54)c3)n2)cc1. The van der Waals surface area contributed by atoms with Gasteiger partial charge in [-0.2, -0.15) is 0 Å². The van der Waals surface area contributed by atoms with E-state index in [4.69, 9.17) is 15.0 Å². The van der Waals surface area contributed by atoms with E-state index >= 15 is 0 Å². The van der Waals surface area contributed by atoms with Crippen LogP contribution in [0.1, 0.15) is 0 Å². The summed E-state index contributed by atoms with van der Waals surface area (Å²) in [5.41, 5.74) is 6.20.